The molecule has 8 nitrogen and oxygen atoms in total. The Morgan fingerprint density at radius 1 is 1.75 bits per heavy atom. The zero-order valence-electron chi connectivity index (χ0n) is 5.77. The van der Waals surface area contributed by atoms with Crippen molar-refractivity contribution in [3.8, 4) is 0 Å². The minimum absolute atomic E-state index is 0.232. The summed E-state index contributed by atoms with van der Waals surface area (Å²) >= 11 is 0. The Kier molecular flexibility index (Phi) is 4.50. The quantitative estimate of drug-likeness (QED) is 0.209. The molecule has 0 aliphatic rings. The van der Waals surface area contributed by atoms with E-state index in [0.29, 0.717) is 0 Å². The molecule has 0 aliphatic heterocycles. The summed E-state index contributed by atoms with van der Waals surface area (Å²) in [5, 5.41) is 2.89. The molecule has 0 aromatic carbocycles. The van der Waals surface area contributed by atoms with Crippen LogP contribution in [0.25, 0.3) is 10.4 Å². The summed E-state index contributed by atoms with van der Waals surface area (Å²) in [6, 6.07) is -1.21. The van der Waals surface area contributed by atoms with Crippen molar-refractivity contribution in [2.24, 2.45) is 5.11 Å². The molecule has 0 rings (SSSR count). The number of hydrogen-bond donors (Lipinski definition) is 2. The smallest absolute Gasteiger partial charge is 0.303 e. The summed E-state index contributed by atoms with van der Waals surface area (Å²) in [5.41, 5.74) is 7.85. The molecule has 0 heterocycles. The lowest BCUT2D eigenvalue weighted by molar-refractivity contribution is -0.109. The fourth-order valence-electron chi connectivity index (χ4n) is 0.340. The normalized spacial score (nSPS) is 13.2. The largest absolute Gasteiger partial charge is 0.469 e. The van der Waals surface area contributed by atoms with Gasteiger partial charge in [-0.05, 0) is 5.53 Å². The molecule has 0 aromatic heterocycles. The molecule has 0 radical (unpaired) electrons. The van der Waals surface area contributed by atoms with Gasteiger partial charge in [-0.15, -0.1) is 0 Å². The van der Waals surface area contributed by atoms with E-state index in [4.69, 9.17) is 15.3 Å². The molecule has 0 aliphatic carbocycles. The Morgan fingerprint density at radius 2 is 2.33 bits per heavy atom. The average Bonchev–Trinajstić information content (AvgIpc) is 1.96. The van der Waals surface area contributed by atoms with Crippen molar-refractivity contribution in [1.82, 2.24) is 0 Å². The minimum Gasteiger partial charge on any atom is -0.303 e. The van der Waals surface area contributed by atoms with E-state index in [1.54, 1.807) is 0 Å². The molecule has 1 atom stereocenters. The number of carbonyl (C=O) groups excluding carboxylic acids is 1. The van der Waals surface area contributed by atoms with Gasteiger partial charge in [-0.3, -0.25) is 4.52 Å². The van der Waals surface area contributed by atoms with Gasteiger partial charge in [-0.1, -0.05) is 5.11 Å². The number of aldehydes is 1. The van der Waals surface area contributed by atoms with E-state index in [1.807, 2.05) is 0 Å². The highest BCUT2D eigenvalue weighted by Gasteiger charge is 2.16. The van der Waals surface area contributed by atoms with Gasteiger partial charge in [0, 0.05) is 4.91 Å². The van der Waals surface area contributed by atoms with Gasteiger partial charge in [0.25, 0.3) is 0 Å². The third kappa shape index (κ3) is 5.84. The first-order valence-corrected chi connectivity index (χ1v) is 4.22. The van der Waals surface area contributed by atoms with E-state index in [0.717, 1.165) is 0 Å². The van der Waals surface area contributed by atoms with Crippen molar-refractivity contribution in [3.05, 3.63) is 10.4 Å². The van der Waals surface area contributed by atoms with Crippen LogP contribution in [0.1, 0.15) is 0 Å². The van der Waals surface area contributed by atoms with Crippen molar-refractivity contribution >= 4 is 14.1 Å². The Morgan fingerprint density at radius 3 is 2.67 bits per heavy atom. The third-order valence-electron chi connectivity index (χ3n) is 0.771. The van der Waals surface area contributed by atoms with Crippen LogP contribution >= 0.6 is 7.82 Å². The van der Waals surface area contributed by atoms with Crippen LogP contribution in [-0.2, 0) is 13.9 Å². The lowest BCUT2D eigenvalue weighted by Crippen LogP contribution is -2.12. The minimum atomic E-state index is -4.60. The second-order valence-electron chi connectivity index (χ2n) is 1.69. The van der Waals surface area contributed by atoms with Crippen LogP contribution in [0.5, 0.6) is 0 Å². The Balaban J connectivity index is 3.97. The number of carbonyl (C=O) groups is 1. The Labute approximate surface area is 67.0 Å². The molecule has 0 fully saturated rings. The SMILES string of the molecule is [N-]=[N+]=NC(C=O)COP(=O)(O)O. The molecule has 0 amide bonds. The second kappa shape index (κ2) is 4.87. The van der Waals surface area contributed by atoms with Crippen LogP contribution in [0.3, 0.4) is 0 Å². The molecule has 1 unspecified atom stereocenters. The van der Waals surface area contributed by atoms with E-state index in [-0.39, 0.29) is 6.29 Å². The first-order chi connectivity index (χ1) is 5.49. The van der Waals surface area contributed by atoms with E-state index in [2.05, 4.69) is 14.5 Å². The fraction of sp³-hybridized carbons (Fsp3) is 0.667. The summed E-state index contributed by atoms with van der Waals surface area (Å²) in [6.45, 7) is -0.627. The van der Waals surface area contributed by atoms with E-state index >= 15 is 0 Å². The number of azide groups is 1. The first kappa shape index (κ1) is 11.1. The van der Waals surface area contributed by atoms with E-state index in [9.17, 15) is 9.36 Å². The maximum Gasteiger partial charge on any atom is 0.469 e. The number of phosphoric acid groups is 1. The highest BCUT2D eigenvalue weighted by Crippen LogP contribution is 2.35. The average molecular weight is 195 g/mol. The van der Waals surface area contributed by atoms with Crippen LogP contribution < -0.4 is 0 Å². The lowest BCUT2D eigenvalue weighted by atomic mass is 10.4. The highest BCUT2D eigenvalue weighted by atomic mass is 31.2. The van der Waals surface area contributed by atoms with Gasteiger partial charge in [0.15, 0.2) is 0 Å². The van der Waals surface area contributed by atoms with Gasteiger partial charge in [0.2, 0.25) is 0 Å². The molecule has 9 heteroatoms. The summed E-state index contributed by atoms with van der Waals surface area (Å²) in [7, 11) is -4.60. The molecule has 0 saturated heterocycles. The van der Waals surface area contributed by atoms with E-state index in [1.165, 1.54) is 0 Å². The zero-order valence-corrected chi connectivity index (χ0v) is 6.66. The highest BCUT2D eigenvalue weighted by molar-refractivity contribution is 7.46. The number of hydrogen-bond acceptors (Lipinski definition) is 4. The second-order valence-corrected chi connectivity index (χ2v) is 2.93. The van der Waals surface area contributed by atoms with Gasteiger partial charge >= 0.3 is 7.82 Å². The third-order valence-corrected chi connectivity index (χ3v) is 1.26. The van der Waals surface area contributed by atoms with Gasteiger partial charge in [0.1, 0.15) is 12.3 Å². The van der Waals surface area contributed by atoms with E-state index < -0.39 is 20.5 Å². The van der Waals surface area contributed by atoms with Crippen molar-refractivity contribution in [2.75, 3.05) is 6.61 Å². The maximum atomic E-state index is 10.1. The maximum absolute atomic E-state index is 10.1. The topological polar surface area (TPSA) is 133 Å². The zero-order chi connectivity index (χ0) is 9.61. The predicted octanol–water partition coefficient (Wildman–Crippen LogP) is -0.0265. The first-order valence-electron chi connectivity index (χ1n) is 2.69. The number of rotatable bonds is 5. The van der Waals surface area contributed by atoms with Crippen LogP contribution in [0.2, 0.25) is 0 Å². The fourth-order valence-corrected chi connectivity index (χ4v) is 0.687. The monoisotopic (exact) mass is 195 g/mol. The van der Waals surface area contributed by atoms with Crippen LogP contribution in [0.15, 0.2) is 5.11 Å². The molecular weight excluding hydrogens is 189 g/mol. The molecule has 68 valence electrons. The van der Waals surface area contributed by atoms with Crippen LogP contribution in [-0.4, -0.2) is 28.7 Å². The van der Waals surface area contributed by atoms with Crippen molar-refractivity contribution in [1.29, 1.82) is 0 Å². The number of nitrogens with zero attached hydrogens (tertiary/aromatic N) is 3. The molecule has 0 spiro atoms. The summed E-state index contributed by atoms with van der Waals surface area (Å²) < 4.78 is 14.0. The van der Waals surface area contributed by atoms with Crippen LogP contribution in [0, 0.1) is 0 Å². The van der Waals surface area contributed by atoms with Crippen molar-refractivity contribution < 1.29 is 23.7 Å². The lowest BCUT2D eigenvalue weighted by Gasteiger charge is -2.05. The van der Waals surface area contributed by atoms with Crippen molar-refractivity contribution in [3.63, 3.8) is 0 Å². The van der Waals surface area contributed by atoms with Gasteiger partial charge in [-0.25, -0.2) is 4.57 Å². The predicted molar refractivity (Wildman–Crippen MR) is 37.0 cm³/mol. The number of phosphoric ester groups is 1. The molecule has 0 aromatic rings. The van der Waals surface area contributed by atoms with Crippen molar-refractivity contribution in [2.45, 2.75) is 6.04 Å². The standard InChI is InChI=1S/C3H6N3O5P/c4-6-5-3(1-7)2-11-12(8,9)10/h1,3H,2H2,(H2,8,9,10). The summed E-state index contributed by atoms with van der Waals surface area (Å²) in [6.07, 6.45) is 0.232. The molecule has 0 bridgehead atoms. The van der Waals surface area contributed by atoms with Crippen LogP contribution in [0.4, 0.5) is 0 Å². The summed E-state index contributed by atoms with van der Waals surface area (Å²) in [4.78, 5) is 28.6. The van der Waals surface area contributed by atoms with Gasteiger partial charge < -0.3 is 14.6 Å². The molecule has 12 heavy (non-hydrogen) atoms. The molecule has 2 N–H and O–H groups in total. The molecular formula is C3H6N3O5P. The van der Waals surface area contributed by atoms with Gasteiger partial charge in [-0.2, -0.15) is 0 Å². The molecule has 0 saturated carbocycles. The Bertz CT molecular complexity index is 242. The Hall–Kier alpha value is -0.910. The van der Waals surface area contributed by atoms with Gasteiger partial charge in [0.05, 0.1) is 6.61 Å². The summed E-state index contributed by atoms with van der Waals surface area (Å²) in [5.74, 6) is 0.